The average molecular weight is 232 g/mol. The molecule has 0 spiro atoms. The predicted octanol–water partition coefficient (Wildman–Crippen LogP) is 2.02. The number of carbonyl (C=O) groups excluding carboxylic acids is 1. The van der Waals surface area contributed by atoms with Gasteiger partial charge in [-0.3, -0.25) is 0 Å². The number of hydrogen-bond donors (Lipinski definition) is 1. The van der Waals surface area contributed by atoms with Crippen molar-refractivity contribution in [2.45, 2.75) is 12.5 Å². The van der Waals surface area contributed by atoms with Crippen LogP contribution >= 0.6 is 0 Å². The van der Waals surface area contributed by atoms with Crippen molar-refractivity contribution >= 4 is 16.9 Å². The van der Waals surface area contributed by atoms with Crippen LogP contribution in [0.5, 0.6) is 0 Å². The summed E-state index contributed by atoms with van der Waals surface area (Å²) in [5.74, 6) is -0.606. The quantitative estimate of drug-likeness (QED) is 0.647. The van der Waals surface area contributed by atoms with Crippen LogP contribution in [0.25, 0.3) is 10.9 Å². The van der Waals surface area contributed by atoms with Crippen molar-refractivity contribution in [3.63, 3.8) is 0 Å². The Morgan fingerprint density at radius 2 is 2.24 bits per heavy atom. The Morgan fingerprint density at radius 1 is 1.47 bits per heavy atom. The molecule has 0 saturated carbocycles. The van der Waals surface area contributed by atoms with Crippen molar-refractivity contribution in [1.82, 2.24) is 4.98 Å². The monoisotopic (exact) mass is 232 g/mol. The molecule has 1 atom stereocenters. The van der Waals surface area contributed by atoms with Crippen LogP contribution in [0, 0.1) is 4.91 Å². The van der Waals surface area contributed by atoms with E-state index in [9.17, 15) is 9.70 Å². The minimum Gasteiger partial charge on any atom is -0.467 e. The number of ether oxygens (including phenoxy) is 1. The molecule has 1 aromatic heterocycles. The van der Waals surface area contributed by atoms with Gasteiger partial charge in [0.1, 0.15) is 0 Å². The van der Waals surface area contributed by atoms with Crippen LogP contribution < -0.4 is 0 Å². The zero-order valence-corrected chi connectivity index (χ0v) is 9.34. The Balaban J connectivity index is 2.28. The SMILES string of the molecule is COC(=O)[C@H](Cc1c[nH]c2ccccc12)N=O. The largest absolute Gasteiger partial charge is 0.467 e. The third-order valence-electron chi connectivity index (χ3n) is 2.69. The Kier molecular flexibility index (Phi) is 3.18. The maximum absolute atomic E-state index is 11.3. The summed E-state index contributed by atoms with van der Waals surface area (Å²) >= 11 is 0. The lowest BCUT2D eigenvalue weighted by Crippen LogP contribution is -2.22. The second kappa shape index (κ2) is 4.78. The first-order chi connectivity index (χ1) is 8.26. The number of H-pyrrole nitrogens is 1. The second-order valence-corrected chi connectivity index (χ2v) is 3.71. The zero-order chi connectivity index (χ0) is 12.3. The zero-order valence-electron chi connectivity index (χ0n) is 9.34. The van der Waals surface area contributed by atoms with Crippen molar-refractivity contribution in [1.29, 1.82) is 0 Å². The number of carbonyl (C=O) groups is 1. The van der Waals surface area contributed by atoms with Gasteiger partial charge in [-0.2, -0.15) is 0 Å². The van der Waals surface area contributed by atoms with Crippen molar-refractivity contribution < 1.29 is 9.53 Å². The fourth-order valence-electron chi connectivity index (χ4n) is 1.81. The molecule has 0 fully saturated rings. The maximum Gasteiger partial charge on any atom is 0.334 e. The van der Waals surface area contributed by atoms with Gasteiger partial charge in [-0.1, -0.05) is 23.4 Å². The first-order valence-corrected chi connectivity index (χ1v) is 5.21. The number of fused-ring (bicyclic) bond motifs is 1. The smallest absolute Gasteiger partial charge is 0.334 e. The number of nitrogens with zero attached hydrogens (tertiary/aromatic N) is 1. The fourth-order valence-corrected chi connectivity index (χ4v) is 1.81. The molecule has 0 aliphatic rings. The highest BCUT2D eigenvalue weighted by molar-refractivity contribution is 5.84. The summed E-state index contributed by atoms with van der Waals surface area (Å²) in [4.78, 5) is 25.0. The lowest BCUT2D eigenvalue weighted by molar-refractivity contribution is -0.142. The molecule has 0 unspecified atom stereocenters. The van der Waals surface area contributed by atoms with Crippen LogP contribution in [0.1, 0.15) is 5.56 Å². The number of para-hydroxylation sites is 1. The van der Waals surface area contributed by atoms with Crippen LogP contribution in [-0.4, -0.2) is 24.1 Å². The van der Waals surface area contributed by atoms with E-state index in [0.29, 0.717) is 0 Å². The van der Waals surface area contributed by atoms with E-state index in [4.69, 9.17) is 0 Å². The molecular weight excluding hydrogens is 220 g/mol. The molecular formula is C12H12N2O3. The highest BCUT2D eigenvalue weighted by Crippen LogP contribution is 2.20. The summed E-state index contributed by atoms with van der Waals surface area (Å²) in [6.07, 6.45) is 2.03. The van der Waals surface area contributed by atoms with Crippen molar-refractivity contribution in [2.75, 3.05) is 7.11 Å². The van der Waals surface area contributed by atoms with E-state index in [0.717, 1.165) is 16.5 Å². The molecule has 0 aliphatic heterocycles. The van der Waals surface area contributed by atoms with Gasteiger partial charge < -0.3 is 9.72 Å². The normalized spacial score (nSPS) is 12.3. The third-order valence-corrected chi connectivity index (χ3v) is 2.69. The van der Waals surface area contributed by atoms with E-state index in [2.05, 4.69) is 14.9 Å². The van der Waals surface area contributed by atoms with Crippen LogP contribution in [0.3, 0.4) is 0 Å². The third kappa shape index (κ3) is 2.18. The van der Waals surface area contributed by atoms with Crippen LogP contribution in [0.2, 0.25) is 0 Å². The summed E-state index contributed by atoms with van der Waals surface area (Å²) in [6.45, 7) is 0. The van der Waals surface area contributed by atoms with Crippen molar-refractivity contribution in [3.05, 3.63) is 40.9 Å². The second-order valence-electron chi connectivity index (χ2n) is 3.71. The maximum atomic E-state index is 11.3. The average Bonchev–Trinajstić information content (AvgIpc) is 2.78. The lowest BCUT2D eigenvalue weighted by Gasteiger charge is -2.05. The predicted molar refractivity (Wildman–Crippen MR) is 63.6 cm³/mol. The molecule has 0 amide bonds. The van der Waals surface area contributed by atoms with Gasteiger partial charge in [0.05, 0.1) is 7.11 Å². The number of methoxy groups -OCH3 is 1. The van der Waals surface area contributed by atoms with E-state index >= 15 is 0 Å². The number of nitroso groups, excluding NO2 is 1. The Labute approximate surface area is 97.8 Å². The molecule has 0 aliphatic carbocycles. The number of benzene rings is 1. The van der Waals surface area contributed by atoms with E-state index in [1.54, 1.807) is 6.20 Å². The molecule has 5 heteroatoms. The minimum absolute atomic E-state index is 0.250. The highest BCUT2D eigenvalue weighted by atomic mass is 16.5. The van der Waals surface area contributed by atoms with E-state index < -0.39 is 12.0 Å². The molecule has 0 saturated heterocycles. The first-order valence-electron chi connectivity index (χ1n) is 5.21. The molecule has 0 bridgehead atoms. The Bertz CT molecular complexity index is 547. The fraction of sp³-hybridized carbons (Fsp3) is 0.250. The van der Waals surface area contributed by atoms with Gasteiger partial charge in [0.15, 0.2) is 6.04 Å². The van der Waals surface area contributed by atoms with Gasteiger partial charge in [-0.25, -0.2) is 4.79 Å². The van der Waals surface area contributed by atoms with Gasteiger partial charge in [-0.05, 0) is 11.6 Å². The number of aromatic nitrogens is 1. The summed E-state index contributed by atoms with van der Waals surface area (Å²) in [7, 11) is 1.25. The Morgan fingerprint density at radius 3 is 2.94 bits per heavy atom. The van der Waals surface area contributed by atoms with E-state index in [1.807, 2.05) is 24.3 Å². The number of esters is 1. The van der Waals surface area contributed by atoms with E-state index in [-0.39, 0.29) is 6.42 Å². The molecule has 0 radical (unpaired) electrons. The number of aromatic amines is 1. The standard InChI is InChI=1S/C12H12N2O3/c1-17-12(15)11(14-16)6-8-7-13-10-5-3-2-4-9(8)10/h2-5,7,11,13H,6H2,1H3/t11-/m0/s1. The molecule has 17 heavy (non-hydrogen) atoms. The summed E-state index contributed by atoms with van der Waals surface area (Å²) in [6, 6.07) is 6.69. The van der Waals surface area contributed by atoms with Crippen LogP contribution in [-0.2, 0) is 16.0 Å². The van der Waals surface area contributed by atoms with Gasteiger partial charge in [0, 0.05) is 23.5 Å². The lowest BCUT2D eigenvalue weighted by atomic mass is 10.1. The molecule has 1 N–H and O–H groups in total. The van der Waals surface area contributed by atoms with Crippen LogP contribution in [0.4, 0.5) is 0 Å². The molecule has 5 nitrogen and oxygen atoms in total. The van der Waals surface area contributed by atoms with Crippen molar-refractivity contribution in [3.8, 4) is 0 Å². The van der Waals surface area contributed by atoms with Gasteiger partial charge in [0.2, 0.25) is 0 Å². The van der Waals surface area contributed by atoms with E-state index in [1.165, 1.54) is 7.11 Å². The summed E-state index contributed by atoms with van der Waals surface area (Å²) in [5, 5.41) is 3.79. The molecule has 88 valence electrons. The van der Waals surface area contributed by atoms with Crippen molar-refractivity contribution in [2.24, 2.45) is 5.18 Å². The molecule has 2 aromatic rings. The number of rotatable bonds is 4. The number of hydrogen-bond acceptors (Lipinski definition) is 4. The van der Waals surface area contributed by atoms with Gasteiger partial charge >= 0.3 is 5.97 Å². The van der Waals surface area contributed by atoms with Gasteiger partial charge in [0.25, 0.3) is 0 Å². The van der Waals surface area contributed by atoms with Gasteiger partial charge in [-0.15, -0.1) is 4.91 Å². The highest BCUT2D eigenvalue weighted by Gasteiger charge is 2.21. The molecule has 1 aromatic carbocycles. The molecule has 2 rings (SSSR count). The molecule has 1 heterocycles. The van der Waals surface area contributed by atoms with Crippen LogP contribution in [0.15, 0.2) is 35.6 Å². The topological polar surface area (TPSA) is 71.5 Å². The summed E-state index contributed by atoms with van der Waals surface area (Å²) in [5.41, 5.74) is 1.85. The Hall–Kier alpha value is -2.17. The minimum atomic E-state index is -0.987. The number of nitrogens with one attached hydrogen (secondary N) is 1. The first kappa shape index (κ1) is 11.3. The summed E-state index contributed by atoms with van der Waals surface area (Å²) < 4.78 is 4.52.